The molecule has 3 heteroatoms. The minimum atomic E-state index is 0.316. The highest BCUT2D eigenvalue weighted by Crippen LogP contribution is 2.11. The van der Waals surface area contributed by atoms with Crippen molar-refractivity contribution >= 4 is 5.91 Å². The van der Waals surface area contributed by atoms with Gasteiger partial charge in [0.2, 0.25) is 5.91 Å². The SMILES string of the molecule is CCCCc1ccc(CCCC(=O)N2CCNCC2)cc1. The number of rotatable bonds is 7. The van der Waals surface area contributed by atoms with Gasteiger partial charge < -0.3 is 10.2 Å². The van der Waals surface area contributed by atoms with E-state index in [2.05, 4.69) is 36.5 Å². The Hall–Kier alpha value is -1.35. The number of piperazine rings is 1. The highest BCUT2D eigenvalue weighted by Gasteiger charge is 2.15. The van der Waals surface area contributed by atoms with Crippen LogP contribution in [0.5, 0.6) is 0 Å². The molecule has 0 saturated carbocycles. The standard InChI is InChI=1S/C18H28N2O/c1-2-3-5-16-8-10-17(11-9-16)6-4-7-18(21)20-14-12-19-13-15-20/h8-11,19H,2-7,12-15H2,1H3. The molecule has 1 amide bonds. The predicted octanol–water partition coefficient (Wildman–Crippen LogP) is 2.78. The number of carbonyl (C=O) groups excluding carboxylic acids is 1. The lowest BCUT2D eigenvalue weighted by atomic mass is 10.0. The van der Waals surface area contributed by atoms with Crippen LogP contribution in [-0.2, 0) is 17.6 Å². The fraction of sp³-hybridized carbons (Fsp3) is 0.611. The molecule has 1 N–H and O–H groups in total. The van der Waals surface area contributed by atoms with E-state index < -0.39 is 0 Å². The van der Waals surface area contributed by atoms with Crippen LogP contribution in [0.2, 0.25) is 0 Å². The Kier molecular flexibility index (Phi) is 6.74. The molecule has 0 atom stereocenters. The van der Waals surface area contributed by atoms with Crippen molar-refractivity contribution in [3.63, 3.8) is 0 Å². The van der Waals surface area contributed by atoms with E-state index >= 15 is 0 Å². The average Bonchev–Trinajstić information content (AvgIpc) is 2.55. The summed E-state index contributed by atoms with van der Waals surface area (Å²) in [6.45, 7) is 5.83. The number of amides is 1. The summed E-state index contributed by atoms with van der Waals surface area (Å²) in [5.41, 5.74) is 2.78. The number of nitrogens with zero attached hydrogens (tertiary/aromatic N) is 1. The normalized spacial score (nSPS) is 15.2. The summed E-state index contributed by atoms with van der Waals surface area (Å²) in [6, 6.07) is 8.92. The molecule has 1 aromatic rings. The number of hydrogen-bond donors (Lipinski definition) is 1. The minimum absolute atomic E-state index is 0.316. The predicted molar refractivity (Wildman–Crippen MR) is 87.4 cm³/mol. The molecule has 1 aliphatic rings. The van der Waals surface area contributed by atoms with Crippen molar-refractivity contribution < 1.29 is 4.79 Å². The van der Waals surface area contributed by atoms with Crippen LogP contribution in [0.3, 0.4) is 0 Å². The third-order valence-electron chi connectivity index (χ3n) is 4.17. The van der Waals surface area contributed by atoms with Gasteiger partial charge in [-0.3, -0.25) is 4.79 Å². The Morgan fingerprint density at radius 3 is 2.19 bits per heavy atom. The van der Waals surface area contributed by atoms with Gasteiger partial charge in [-0.15, -0.1) is 0 Å². The molecule has 0 unspecified atom stereocenters. The molecule has 1 aliphatic heterocycles. The van der Waals surface area contributed by atoms with E-state index in [0.29, 0.717) is 12.3 Å². The number of carbonyl (C=O) groups is 1. The molecule has 1 aromatic carbocycles. The molecule has 1 saturated heterocycles. The van der Waals surface area contributed by atoms with Crippen LogP contribution in [0.25, 0.3) is 0 Å². The maximum Gasteiger partial charge on any atom is 0.222 e. The number of hydrogen-bond acceptors (Lipinski definition) is 2. The number of benzene rings is 1. The Morgan fingerprint density at radius 2 is 1.62 bits per heavy atom. The second-order valence-electron chi connectivity index (χ2n) is 5.90. The Balaban J connectivity index is 1.69. The van der Waals surface area contributed by atoms with Gasteiger partial charge in [0, 0.05) is 32.6 Å². The van der Waals surface area contributed by atoms with Crippen LogP contribution < -0.4 is 5.32 Å². The summed E-state index contributed by atoms with van der Waals surface area (Å²) in [6.07, 6.45) is 6.33. The molecule has 1 heterocycles. The molecule has 0 bridgehead atoms. The van der Waals surface area contributed by atoms with Crippen LogP contribution >= 0.6 is 0 Å². The number of nitrogens with one attached hydrogen (secondary N) is 1. The molecule has 3 nitrogen and oxygen atoms in total. The van der Waals surface area contributed by atoms with Crippen molar-refractivity contribution in [1.29, 1.82) is 0 Å². The third-order valence-corrected chi connectivity index (χ3v) is 4.17. The first-order valence-electron chi connectivity index (χ1n) is 8.36. The van der Waals surface area contributed by atoms with E-state index in [9.17, 15) is 4.79 Å². The fourth-order valence-electron chi connectivity index (χ4n) is 2.77. The van der Waals surface area contributed by atoms with Crippen molar-refractivity contribution in [3.8, 4) is 0 Å². The van der Waals surface area contributed by atoms with Gasteiger partial charge in [0.25, 0.3) is 0 Å². The van der Waals surface area contributed by atoms with Gasteiger partial charge in [-0.2, -0.15) is 0 Å². The van der Waals surface area contributed by atoms with E-state index in [0.717, 1.165) is 39.0 Å². The summed E-state index contributed by atoms with van der Waals surface area (Å²) >= 11 is 0. The number of aryl methyl sites for hydroxylation is 2. The number of unbranched alkanes of at least 4 members (excludes halogenated alkanes) is 1. The molecule has 1 fully saturated rings. The van der Waals surface area contributed by atoms with Crippen LogP contribution in [-0.4, -0.2) is 37.0 Å². The van der Waals surface area contributed by atoms with Gasteiger partial charge >= 0.3 is 0 Å². The zero-order chi connectivity index (χ0) is 14.9. The summed E-state index contributed by atoms with van der Waals surface area (Å²) in [7, 11) is 0. The van der Waals surface area contributed by atoms with Crippen LogP contribution in [0.1, 0.15) is 43.7 Å². The molecular weight excluding hydrogens is 260 g/mol. The van der Waals surface area contributed by atoms with Crippen molar-refractivity contribution in [2.75, 3.05) is 26.2 Å². The van der Waals surface area contributed by atoms with Crippen LogP contribution in [0, 0.1) is 0 Å². The lowest BCUT2D eigenvalue weighted by Crippen LogP contribution is -2.46. The smallest absolute Gasteiger partial charge is 0.222 e. The highest BCUT2D eigenvalue weighted by molar-refractivity contribution is 5.76. The molecule has 21 heavy (non-hydrogen) atoms. The quantitative estimate of drug-likeness (QED) is 0.837. The van der Waals surface area contributed by atoms with E-state index in [4.69, 9.17) is 0 Å². The zero-order valence-electron chi connectivity index (χ0n) is 13.2. The summed E-state index contributed by atoms with van der Waals surface area (Å²) in [4.78, 5) is 14.0. The molecule has 0 aliphatic carbocycles. The lowest BCUT2D eigenvalue weighted by molar-refractivity contribution is -0.131. The van der Waals surface area contributed by atoms with Crippen molar-refractivity contribution in [3.05, 3.63) is 35.4 Å². The van der Waals surface area contributed by atoms with Crippen LogP contribution in [0.4, 0.5) is 0 Å². The average molecular weight is 288 g/mol. The van der Waals surface area contributed by atoms with E-state index in [1.807, 2.05) is 4.90 Å². The van der Waals surface area contributed by atoms with Crippen LogP contribution in [0.15, 0.2) is 24.3 Å². The van der Waals surface area contributed by atoms with Gasteiger partial charge in [0.1, 0.15) is 0 Å². The molecule has 116 valence electrons. The van der Waals surface area contributed by atoms with Crippen molar-refractivity contribution in [2.45, 2.75) is 45.4 Å². The molecular formula is C18H28N2O. The van der Waals surface area contributed by atoms with E-state index in [1.54, 1.807) is 0 Å². The molecule has 0 spiro atoms. The summed E-state index contributed by atoms with van der Waals surface area (Å²) in [5.74, 6) is 0.316. The summed E-state index contributed by atoms with van der Waals surface area (Å²) in [5, 5.41) is 3.28. The third kappa shape index (κ3) is 5.50. The first-order chi connectivity index (χ1) is 10.3. The maximum absolute atomic E-state index is 12.1. The maximum atomic E-state index is 12.1. The van der Waals surface area contributed by atoms with Gasteiger partial charge in [-0.25, -0.2) is 0 Å². The molecule has 2 rings (SSSR count). The molecule has 0 aromatic heterocycles. The van der Waals surface area contributed by atoms with Gasteiger partial charge in [0.05, 0.1) is 0 Å². The largest absolute Gasteiger partial charge is 0.340 e. The topological polar surface area (TPSA) is 32.3 Å². The second kappa shape index (κ2) is 8.83. The Labute approximate surface area is 128 Å². The van der Waals surface area contributed by atoms with Gasteiger partial charge in [-0.05, 0) is 36.8 Å². The van der Waals surface area contributed by atoms with E-state index in [1.165, 1.54) is 30.4 Å². The Bertz CT molecular complexity index is 421. The fourth-order valence-corrected chi connectivity index (χ4v) is 2.77. The van der Waals surface area contributed by atoms with Gasteiger partial charge in [0.15, 0.2) is 0 Å². The van der Waals surface area contributed by atoms with Crippen molar-refractivity contribution in [1.82, 2.24) is 10.2 Å². The molecule has 0 radical (unpaired) electrons. The highest BCUT2D eigenvalue weighted by atomic mass is 16.2. The first kappa shape index (κ1) is 16.0. The van der Waals surface area contributed by atoms with Gasteiger partial charge in [-0.1, -0.05) is 37.6 Å². The minimum Gasteiger partial charge on any atom is -0.340 e. The first-order valence-corrected chi connectivity index (χ1v) is 8.36. The van der Waals surface area contributed by atoms with E-state index in [-0.39, 0.29) is 0 Å². The Morgan fingerprint density at radius 1 is 1.05 bits per heavy atom. The monoisotopic (exact) mass is 288 g/mol. The lowest BCUT2D eigenvalue weighted by Gasteiger charge is -2.27. The van der Waals surface area contributed by atoms with Crippen molar-refractivity contribution in [2.24, 2.45) is 0 Å². The second-order valence-corrected chi connectivity index (χ2v) is 5.90. The zero-order valence-corrected chi connectivity index (χ0v) is 13.2. The summed E-state index contributed by atoms with van der Waals surface area (Å²) < 4.78 is 0.